The molecule has 0 radical (unpaired) electrons. The van der Waals surface area contributed by atoms with Crippen molar-refractivity contribution in [3.05, 3.63) is 0 Å². The van der Waals surface area contributed by atoms with E-state index in [-0.39, 0.29) is 0 Å². The van der Waals surface area contributed by atoms with E-state index in [0.29, 0.717) is 6.10 Å². The lowest BCUT2D eigenvalue weighted by molar-refractivity contribution is 0.114. The van der Waals surface area contributed by atoms with Crippen LogP contribution in [0.4, 0.5) is 0 Å². The van der Waals surface area contributed by atoms with Crippen molar-refractivity contribution in [3.8, 4) is 0 Å². The normalized spacial score (nSPS) is 29.0. The largest absolute Gasteiger partial charge is 0.376 e. The molecule has 68 valence electrons. The second-order valence-electron chi connectivity index (χ2n) is 3.45. The first kappa shape index (κ1) is 8.05. The van der Waals surface area contributed by atoms with Gasteiger partial charge >= 0.3 is 0 Å². The van der Waals surface area contributed by atoms with Gasteiger partial charge in [0.25, 0.3) is 0 Å². The van der Waals surface area contributed by atoms with Crippen LogP contribution in [0, 0.1) is 0 Å². The predicted molar refractivity (Wildman–Crippen MR) is 48.5 cm³/mol. The summed E-state index contributed by atoms with van der Waals surface area (Å²) in [4.78, 5) is 4.35. The van der Waals surface area contributed by atoms with Crippen molar-refractivity contribution in [2.45, 2.75) is 31.8 Å². The summed E-state index contributed by atoms with van der Waals surface area (Å²) in [5, 5.41) is 3.35. The van der Waals surface area contributed by atoms with Gasteiger partial charge in [-0.2, -0.15) is 0 Å². The minimum Gasteiger partial charge on any atom is -0.376 e. The number of nitrogens with zero attached hydrogens (tertiary/aromatic N) is 1. The summed E-state index contributed by atoms with van der Waals surface area (Å²) in [5.74, 6) is 1.19. The first-order valence-electron chi connectivity index (χ1n) is 4.84. The van der Waals surface area contributed by atoms with Gasteiger partial charge in [-0.1, -0.05) is 0 Å². The zero-order valence-electron chi connectivity index (χ0n) is 7.38. The maximum Gasteiger partial charge on any atom is 0.0964 e. The molecular weight excluding hydrogens is 152 g/mol. The smallest absolute Gasteiger partial charge is 0.0964 e. The van der Waals surface area contributed by atoms with Crippen molar-refractivity contribution in [2.75, 3.05) is 19.7 Å². The van der Waals surface area contributed by atoms with Gasteiger partial charge in [0.2, 0.25) is 0 Å². The number of nitrogens with one attached hydrogen (secondary N) is 1. The number of rotatable bonds is 2. The van der Waals surface area contributed by atoms with Crippen molar-refractivity contribution < 1.29 is 4.74 Å². The lowest BCUT2D eigenvalue weighted by Crippen LogP contribution is -2.30. The second kappa shape index (κ2) is 3.90. The topological polar surface area (TPSA) is 33.6 Å². The monoisotopic (exact) mass is 168 g/mol. The summed E-state index contributed by atoms with van der Waals surface area (Å²) in [6.45, 7) is 2.91. The van der Waals surface area contributed by atoms with E-state index < -0.39 is 0 Å². The molecule has 1 fully saturated rings. The van der Waals surface area contributed by atoms with E-state index in [2.05, 4.69) is 10.3 Å². The molecule has 12 heavy (non-hydrogen) atoms. The minimum atomic E-state index is 0.438. The molecule has 0 aliphatic carbocycles. The van der Waals surface area contributed by atoms with Crippen molar-refractivity contribution >= 4 is 5.84 Å². The fourth-order valence-electron chi connectivity index (χ4n) is 1.72. The van der Waals surface area contributed by atoms with Gasteiger partial charge < -0.3 is 10.1 Å². The highest BCUT2D eigenvalue weighted by Gasteiger charge is 2.16. The standard InChI is InChI=1S/C9H16N2O/c1-4-9(10-5-1)11-7-8-3-2-6-12-8/h8H,1-7H2,(H,10,11)/t8-/m0/s1. The molecule has 2 heterocycles. The number of hydrogen-bond donors (Lipinski definition) is 1. The highest BCUT2D eigenvalue weighted by Crippen LogP contribution is 2.11. The molecule has 1 saturated heterocycles. The molecule has 0 aromatic carbocycles. The molecule has 2 aliphatic rings. The van der Waals surface area contributed by atoms with Gasteiger partial charge in [-0.25, -0.2) is 0 Å². The van der Waals surface area contributed by atoms with Crippen LogP contribution >= 0.6 is 0 Å². The molecule has 0 amide bonds. The molecule has 0 unspecified atom stereocenters. The Hall–Kier alpha value is -0.570. The van der Waals surface area contributed by atoms with Crippen LogP contribution in [0.1, 0.15) is 25.7 Å². The third-order valence-corrected chi connectivity index (χ3v) is 2.43. The van der Waals surface area contributed by atoms with E-state index >= 15 is 0 Å². The summed E-state index contributed by atoms with van der Waals surface area (Å²) < 4.78 is 5.50. The first-order valence-corrected chi connectivity index (χ1v) is 4.84. The summed E-state index contributed by atoms with van der Waals surface area (Å²) in [7, 11) is 0. The van der Waals surface area contributed by atoms with Gasteiger partial charge in [0.15, 0.2) is 0 Å². The fraction of sp³-hybridized carbons (Fsp3) is 0.889. The molecule has 0 aromatic heterocycles. The highest BCUT2D eigenvalue weighted by molar-refractivity contribution is 5.83. The predicted octanol–water partition coefficient (Wildman–Crippen LogP) is 0.947. The van der Waals surface area contributed by atoms with Crippen LogP contribution in [-0.4, -0.2) is 31.6 Å². The lowest BCUT2D eigenvalue weighted by atomic mass is 10.2. The zero-order chi connectivity index (χ0) is 8.23. The maximum atomic E-state index is 5.50. The Bertz CT molecular complexity index is 173. The Morgan fingerprint density at radius 3 is 3.17 bits per heavy atom. The molecule has 2 aliphatic heterocycles. The highest BCUT2D eigenvalue weighted by atomic mass is 16.5. The molecule has 3 nitrogen and oxygen atoms in total. The van der Waals surface area contributed by atoms with Crippen LogP contribution in [0.2, 0.25) is 0 Å². The van der Waals surface area contributed by atoms with Gasteiger partial charge in [0.05, 0.1) is 11.9 Å². The Kier molecular flexibility index (Phi) is 2.61. The Morgan fingerprint density at radius 1 is 1.50 bits per heavy atom. The number of amidine groups is 1. The van der Waals surface area contributed by atoms with Crippen LogP contribution < -0.4 is 5.32 Å². The molecule has 0 spiro atoms. The fourth-order valence-corrected chi connectivity index (χ4v) is 1.72. The number of hydrogen-bond acceptors (Lipinski definition) is 3. The average molecular weight is 168 g/mol. The van der Waals surface area contributed by atoms with E-state index in [1.807, 2.05) is 0 Å². The molecule has 1 N–H and O–H groups in total. The van der Waals surface area contributed by atoms with Crippen molar-refractivity contribution in [1.29, 1.82) is 0 Å². The molecule has 0 aromatic rings. The van der Waals surface area contributed by atoms with E-state index in [4.69, 9.17) is 4.74 Å². The maximum absolute atomic E-state index is 5.50. The van der Waals surface area contributed by atoms with Crippen LogP contribution in [0.15, 0.2) is 4.99 Å². The van der Waals surface area contributed by atoms with Crippen molar-refractivity contribution in [2.24, 2.45) is 4.99 Å². The Morgan fingerprint density at radius 2 is 2.50 bits per heavy atom. The van der Waals surface area contributed by atoms with Crippen LogP contribution in [0.5, 0.6) is 0 Å². The van der Waals surface area contributed by atoms with Crippen molar-refractivity contribution in [1.82, 2.24) is 5.32 Å². The molecule has 2 rings (SSSR count). The average Bonchev–Trinajstić information content (AvgIpc) is 2.74. The summed E-state index contributed by atoms with van der Waals surface area (Å²) in [6, 6.07) is 0. The van der Waals surface area contributed by atoms with Crippen LogP contribution in [0.3, 0.4) is 0 Å². The third-order valence-electron chi connectivity index (χ3n) is 2.43. The zero-order valence-corrected chi connectivity index (χ0v) is 7.38. The van der Waals surface area contributed by atoms with Gasteiger partial charge in [-0.15, -0.1) is 0 Å². The van der Waals surface area contributed by atoms with Gasteiger partial charge in [-0.3, -0.25) is 4.99 Å². The summed E-state index contributed by atoms with van der Waals surface area (Å²) in [6.07, 6.45) is 5.22. The van der Waals surface area contributed by atoms with E-state index in [0.717, 1.165) is 26.1 Å². The van der Waals surface area contributed by atoms with Crippen molar-refractivity contribution in [3.63, 3.8) is 0 Å². The Balaban J connectivity index is 1.67. The molecule has 0 bridgehead atoms. The van der Waals surface area contributed by atoms with Crippen LogP contribution in [-0.2, 0) is 4.74 Å². The summed E-state index contributed by atoms with van der Waals surface area (Å²) in [5.41, 5.74) is 0. The quantitative estimate of drug-likeness (QED) is 0.666. The molecule has 3 heteroatoms. The minimum absolute atomic E-state index is 0.438. The third kappa shape index (κ3) is 1.97. The molecule has 0 saturated carbocycles. The van der Waals surface area contributed by atoms with E-state index in [9.17, 15) is 0 Å². The Labute approximate surface area is 73.2 Å². The van der Waals surface area contributed by atoms with E-state index in [1.54, 1.807) is 0 Å². The first-order chi connectivity index (χ1) is 5.95. The molecule has 1 atom stereocenters. The van der Waals surface area contributed by atoms with Gasteiger partial charge in [-0.05, 0) is 19.3 Å². The van der Waals surface area contributed by atoms with Gasteiger partial charge in [0, 0.05) is 26.1 Å². The number of aliphatic imine (C=N–C) groups is 1. The van der Waals surface area contributed by atoms with Crippen LogP contribution in [0.25, 0.3) is 0 Å². The molecular formula is C9H16N2O. The van der Waals surface area contributed by atoms with Gasteiger partial charge in [0.1, 0.15) is 0 Å². The SMILES string of the molecule is C1CN=C(NC[C@@H]2CCCO2)C1. The lowest BCUT2D eigenvalue weighted by Gasteiger charge is -2.10. The van der Waals surface area contributed by atoms with E-state index in [1.165, 1.54) is 25.1 Å². The second-order valence-corrected chi connectivity index (χ2v) is 3.45. The number of ether oxygens (including phenoxy) is 1. The summed E-state index contributed by atoms with van der Waals surface area (Å²) >= 11 is 0.